The molecule has 0 bridgehead atoms. The molecule has 8 nitrogen and oxygen atoms in total. The Morgan fingerprint density at radius 2 is 0.816 bits per heavy atom. The van der Waals surface area contributed by atoms with Gasteiger partial charge in [-0.2, -0.15) is 52.7 Å². The second kappa shape index (κ2) is 18.1. The lowest BCUT2D eigenvalue weighted by molar-refractivity contribution is -0.427. The summed E-state index contributed by atoms with van der Waals surface area (Å²) in [5, 5.41) is 0. The Labute approximate surface area is 273 Å². The molecule has 0 saturated heterocycles. The van der Waals surface area contributed by atoms with Gasteiger partial charge in [0.1, 0.15) is 0 Å². The predicted molar refractivity (Wildman–Crippen MR) is 149 cm³/mol. The first-order chi connectivity index (χ1) is 22.3. The van der Waals surface area contributed by atoms with Crippen LogP contribution in [0.25, 0.3) is 0 Å². The minimum Gasteiger partial charge on any atom is -0.465 e. The van der Waals surface area contributed by atoms with Crippen LogP contribution < -0.4 is 0 Å². The second-order valence-corrected chi connectivity index (χ2v) is 10.1. The first-order valence-electron chi connectivity index (χ1n) is 13.9. The molecule has 0 aromatic heterocycles. The van der Waals surface area contributed by atoms with Gasteiger partial charge in [-0.25, -0.2) is 0 Å². The van der Waals surface area contributed by atoms with Crippen molar-refractivity contribution in [2.75, 3.05) is 39.4 Å². The molecule has 0 atom stereocenters. The van der Waals surface area contributed by atoms with Gasteiger partial charge in [-0.15, -0.1) is 26.3 Å². The number of amides is 2. The number of ether oxygens (including phenoxy) is 2. The monoisotopic (exact) mass is 734 g/mol. The van der Waals surface area contributed by atoms with Crippen molar-refractivity contribution in [2.24, 2.45) is 0 Å². The molecule has 0 rings (SSSR count). The van der Waals surface area contributed by atoms with Crippen molar-refractivity contribution in [3.63, 3.8) is 0 Å². The van der Waals surface area contributed by atoms with E-state index in [2.05, 4.69) is 35.8 Å². The predicted octanol–water partition coefficient (Wildman–Crippen LogP) is 6.24. The van der Waals surface area contributed by atoms with Gasteiger partial charge < -0.3 is 19.3 Å². The fraction of sp³-hybridized carbons (Fsp3) is 0.586. The summed E-state index contributed by atoms with van der Waals surface area (Å²) >= 11 is 0. The number of alkyl halides is 12. The van der Waals surface area contributed by atoms with E-state index in [4.69, 9.17) is 0 Å². The van der Waals surface area contributed by atoms with Crippen LogP contribution in [0.1, 0.15) is 32.1 Å². The minimum atomic E-state index is -7.92. The Morgan fingerprint density at radius 1 is 0.490 bits per heavy atom. The maximum absolute atomic E-state index is 14.2. The Hall–Kier alpha value is -4.00. The third-order valence-electron chi connectivity index (χ3n) is 6.38. The van der Waals surface area contributed by atoms with E-state index in [0.717, 1.165) is 9.80 Å². The third-order valence-corrected chi connectivity index (χ3v) is 6.38. The lowest BCUT2D eigenvalue weighted by Gasteiger charge is -2.41. The van der Waals surface area contributed by atoms with Crippen LogP contribution in [0.4, 0.5) is 52.7 Å². The van der Waals surface area contributed by atoms with E-state index in [1.54, 1.807) is 0 Å². The molecule has 0 heterocycles. The van der Waals surface area contributed by atoms with Gasteiger partial charge in [0.2, 0.25) is 11.8 Å². The van der Waals surface area contributed by atoms with Crippen molar-refractivity contribution < 1.29 is 81.3 Å². The summed E-state index contributed by atoms with van der Waals surface area (Å²) < 4.78 is 178. The van der Waals surface area contributed by atoms with E-state index in [1.165, 1.54) is 24.3 Å². The molecule has 0 aliphatic heterocycles. The SMILES string of the molecule is C=CCN(CC=C)C(=O)CCC(=O)OCCC(F)(F)C(F)(F)C(F)(F)C(F)(F)C(F)(F)C(F)(F)COC(=O)CCC(=O)N(CC=C)CC=C. The zero-order chi connectivity index (χ0) is 38.5. The molecule has 0 aromatic rings. The number of rotatable bonds is 24. The number of halogens is 12. The zero-order valence-corrected chi connectivity index (χ0v) is 25.8. The summed E-state index contributed by atoms with van der Waals surface area (Å²) in [4.78, 5) is 49.6. The minimum absolute atomic E-state index is 0.00921. The van der Waals surface area contributed by atoms with E-state index >= 15 is 0 Å². The highest BCUT2D eigenvalue weighted by molar-refractivity contribution is 5.82. The highest BCUT2D eigenvalue weighted by atomic mass is 19.4. The maximum atomic E-state index is 14.2. The number of hydrogen-bond acceptors (Lipinski definition) is 6. The summed E-state index contributed by atoms with van der Waals surface area (Å²) in [7, 11) is 0. The van der Waals surface area contributed by atoms with Gasteiger partial charge in [0.05, 0.1) is 25.9 Å². The van der Waals surface area contributed by atoms with Gasteiger partial charge in [-0.3, -0.25) is 19.2 Å². The molecule has 20 heteroatoms. The zero-order valence-electron chi connectivity index (χ0n) is 25.8. The number of esters is 2. The smallest absolute Gasteiger partial charge is 0.384 e. The molecule has 2 amide bonds. The summed E-state index contributed by atoms with van der Waals surface area (Å²) in [5.41, 5.74) is 0. The van der Waals surface area contributed by atoms with Crippen molar-refractivity contribution >= 4 is 23.8 Å². The fourth-order valence-electron chi connectivity index (χ4n) is 3.62. The first-order valence-corrected chi connectivity index (χ1v) is 13.9. The van der Waals surface area contributed by atoms with E-state index in [9.17, 15) is 71.9 Å². The number of nitrogens with zero attached hydrogens (tertiary/aromatic N) is 2. The Bertz CT molecular complexity index is 1190. The largest absolute Gasteiger partial charge is 0.465 e. The summed E-state index contributed by atoms with van der Waals surface area (Å²) in [6, 6.07) is 0. The van der Waals surface area contributed by atoms with Crippen LogP contribution >= 0.6 is 0 Å². The molecular weight excluding hydrogens is 700 g/mol. The van der Waals surface area contributed by atoms with Gasteiger partial charge in [0, 0.05) is 39.0 Å². The highest BCUT2D eigenvalue weighted by Gasteiger charge is 2.90. The van der Waals surface area contributed by atoms with Crippen LogP contribution in [-0.4, -0.2) is 108 Å². The van der Waals surface area contributed by atoms with Gasteiger partial charge in [0.15, 0.2) is 6.61 Å². The molecule has 0 fully saturated rings. The Balaban J connectivity index is 5.58. The topological polar surface area (TPSA) is 93.2 Å². The van der Waals surface area contributed by atoms with Crippen LogP contribution in [0.2, 0.25) is 0 Å². The van der Waals surface area contributed by atoms with E-state index in [-0.39, 0.29) is 26.2 Å². The second-order valence-electron chi connectivity index (χ2n) is 10.1. The summed E-state index contributed by atoms with van der Waals surface area (Å²) in [6.07, 6.45) is -1.02. The quantitative estimate of drug-likeness (QED) is 0.0663. The number of carbonyl (C=O) groups excluding carboxylic acids is 4. The molecule has 0 N–H and O–H groups in total. The van der Waals surface area contributed by atoms with Crippen LogP contribution in [0.3, 0.4) is 0 Å². The highest BCUT2D eigenvalue weighted by Crippen LogP contribution is 2.60. The summed E-state index contributed by atoms with van der Waals surface area (Å²) in [6.45, 7) is 8.24. The van der Waals surface area contributed by atoms with Gasteiger partial charge in [-0.1, -0.05) is 24.3 Å². The summed E-state index contributed by atoms with van der Waals surface area (Å²) in [5.74, 6) is -48.8. The standard InChI is InChI=1S/C29H34F12N2O6/c1-5-14-42(15-6-2)20(44)9-11-22(46)48-18-13-24(30,31)26(34,35)28(38,39)29(40,41)27(36,37)25(32,33)19-49-23(47)12-10-21(45)43(16-7-3)17-8-4/h5-8H,1-4,9-19H2. The number of hydrogen-bond donors (Lipinski definition) is 0. The molecule has 0 aliphatic rings. The Kier molecular flexibility index (Phi) is 16.6. The van der Waals surface area contributed by atoms with Crippen molar-refractivity contribution in [1.29, 1.82) is 0 Å². The molecule has 0 spiro atoms. The van der Waals surface area contributed by atoms with Gasteiger partial charge in [-0.05, 0) is 0 Å². The van der Waals surface area contributed by atoms with Crippen LogP contribution in [0.15, 0.2) is 50.6 Å². The average Bonchev–Trinajstić information content (AvgIpc) is 3.00. The Morgan fingerprint density at radius 3 is 1.16 bits per heavy atom. The van der Waals surface area contributed by atoms with Crippen LogP contribution in [-0.2, 0) is 28.7 Å². The van der Waals surface area contributed by atoms with Crippen molar-refractivity contribution in [2.45, 2.75) is 67.6 Å². The third kappa shape index (κ3) is 11.0. The molecule has 280 valence electrons. The van der Waals surface area contributed by atoms with E-state index in [0.29, 0.717) is 0 Å². The molecule has 0 aromatic carbocycles. The van der Waals surface area contributed by atoms with Crippen LogP contribution in [0.5, 0.6) is 0 Å². The molecular formula is C29H34F12N2O6. The lowest BCUT2D eigenvalue weighted by Crippen LogP contribution is -2.71. The molecule has 0 unspecified atom stereocenters. The van der Waals surface area contributed by atoms with Crippen LogP contribution in [0, 0.1) is 0 Å². The normalized spacial score (nSPS) is 12.8. The van der Waals surface area contributed by atoms with Crippen molar-refractivity contribution in [3.05, 3.63) is 50.6 Å². The van der Waals surface area contributed by atoms with Crippen molar-refractivity contribution in [3.8, 4) is 0 Å². The van der Waals surface area contributed by atoms with E-state index < -0.39 is 105 Å². The van der Waals surface area contributed by atoms with E-state index in [1.807, 2.05) is 0 Å². The molecule has 0 radical (unpaired) electrons. The van der Waals surface area contributed by atoms with Crippen molar-refractivity contribution in [1.82, 2.24) is 9.80 Å². The van der Waals surface area contributed by atoms with Gasteiger partial charge in [0.25, 0.3) is 0 Å². The maximum Gasteiger partial charge on any atom is 0.384 e. The number of carbonyl (C=O) groups is 4. The first kappa shape index (κ1) is 45.0. The fourth-order valence-corrected chi connectivity index (χ4v) is 3.62. The molecule has 49 heavy (non-hydrogen) atoms. The average molecular weight is 735 g/mol. The molecule has 0 aliphatic carbocycles. The molecule has 0 saturated carbocycles. The van der Waals surface area contributed by atoms with Gasteiger partial charge >= 0.3 is 47.5 Å². The lowest BCUT2D eigenvalue weighted by atomic mass is 9.90.